The fourth-order valence-electron chi connectivity index (χ4n) is 3.92. The normalized spacial score (nSPS) is 23.8. The van der Waals surface area contributed by atoms with Crippen LogP contribution in [0.5, 0.6) is 11.5 Å². The van der Waals surface area contributed by atoms with Crippen LogP contribution in [0.1, 0.15) is 32.1 Å². The lowest BCUT2D eigenvalue weighted by Crippen LogP contribution is -2.39. The molecule has 2 aliphatic rings. The number of carbonyl (C=O) groups excluding carboxylic acids is 1. The molecule has 0 aliphatic carbocycles. The maximum Gasteiger partial charge on any atom is 0.224 e. The molecular weight excluding hydrogens is 356 g/mol. The second-order valence-corrected chi connectivity index (χ2v) is 6.93. The van der Waals surface area contributed by atoms with E-state index in [2.05, 4.69) is 10.6 Å². The molecule has 2 heterocycles. The molecule has 6 nitrogen and oxygen atoms in total. The molecule has 2 bridgehead atoms. The van der Waals surface area contributed by atoms with Crippen molar-refractivity contribution in [3.05, 3.63) is 18.2 Å². The Kier molecular flexibility index (Phi) is 8.00. The Morgan fingerprint density at radius 1 is 1.15 bits per heavy atom. The van der Waals surface area contributed by atoms with Crippen molar-refractivity contribution in [1.29, 1.82) is 0 Å². The van der Waals surface area contributed by atoms with Crippen LogP contribution in [0.4, 0.5) is 5.69 Å². The number of hydrogen-bond acceptors (Lipinski definition) is 5. The summed E-state index contributed by atoms with van der Waals surface area (Å²) in [6, 6.07) is 6.67. The van der Waals surface area contributed by atoms with Gasteiger partial charge in [0.1, 0.15) is 6.61 Å². The van der Waals surface area contributed by atoms with Crippen LogP contribution in [0.25, 0.3) is 0 Å². The van der Waals surface area contributed by atoms with Crippen molar-refractivity contribution in [2.24, 2.45) is 5.92 Å². The first kappa shape index (κ1) is 20.8. The van der Waals surface area contributed by atoms with E-state index < -0.39 is 0 Å². The third-order valence-electron chi connectivity index (χ3n) is 5.04. The van der Waals surface area contributed by atoms with Crippen LogP contribution >= 0.6 is 12.4 Å². The Hall–Kier alpha value is -1.50. The van der Waals surface area contributed by atoms with Crippen molar-refractivity contribution in [2.45, 2.75) is 44.2 Å². The number of rotatable bonds is 8. The van der Waals surface area contributed by atoms with Gasteiger partial charge in [-0.15, -0.1) is 12.4 Å². The number of nitrogens with one attached hydrogen (secondary N) is 2. The first-order valence-corrected chi connectivity index (χ1v) is 9.03. The minimum absolute atomic E-state index is 0. The van der Waals surface area contributed by atoms with E-state index in [0.29, 0.717) is 49.1 Å². The van der Waals surface area contributed by atoms with Crippen molar-refractivity contribution in [1.82, 2.24) is 5.32 Å². The number of piperidine rings is 1. The number of anilines is 1. The van der Waals surface area contributed by atoms with Crippen molar-refractivity contribution < 1.29 is 19.0 Å². The van der Waals surface area contributed by atoms with Gasteiger partial charge in [-0.25, -0.2) is 0 Å². The summed E-state index contributed by atoms with van der Waals surface area (Å²) >= 11 is 0. The number of benzene rings is 1. The van der Waals surface area contributed by atoms with E-state index in [1.165, 1.54) is 12.8 Å². The largest absolute Gasteiger partial charge is 0.493 e. The second kappa shape index (κ2) is 10.00. The van der Waals surface area contributed by atoms with Gasteiger partial charge in [0, 0.05) is 37.4 Å². The molecule has 2 saturated heterocycles. The molecule has 0 aromatic heterocycles. The molecule has 26 heavy (non-hydrogen) atoms. The monoisotopic (exact) mass is 384 g/mol. The zero-order chi connectivity index (χ0) is 17.6. The summed E-state index contributed by atoms with van der Waals surface area (Å²) in [6.45, 7) is 0.930. The molecule has 2 unspecified atom stereocenters. The first-order valence-electron chi connectivity index (χ1n) is 9.03. The lowest BCUT2D eigenvalue weighted by Gasteiger charge is -2.28. The molecule has 1 amide bonds. The van der Waals surface area contributed by atoms with Crippen molar-refractivity contribution in [3.63, 3.8) is 0 Å². The van der Waals surface area contributed by atoms with Crippen LogP contribution in [0.2, 0.25) is 0 Å². The van der Waals surface area contributed by atoms with Gasteiger partial charge in [0.25, 0.3) is 0 Å². The Morgan fingerprint density at radius 3 is 2.54 bits per heavy atom. The Balaban J connectivity index is 0.00000243. The van der Waals surface area contributed by atoms with E-state index in [1.807, 2.05) is 12.1 Å². The van der Waals surface area contributed by atoms with Crippen LogP contribution in [-0.2, 0) is 9.53 Å². The third-order valence-corrected chi connectivity index (χ3v) is 5.04. The minimum Gasteiger partial charge on any atom is -0.493 e. The van der Waals surface area contributed by atoms with Gasteiger partial charge < -0.3 is 24.8 Å². The molecule has 3 rings (SSSR count). The fraction of sp³-hybridized carbons (Fsp3) is 0.632. The molecule has 2 fully saturated rings. The molecule has 2 N–H and O–H groups in total. The van der Waals surface area contributed by atoms with Crippen molar-refractivity contribution in [2.75, 3.05) is 32.8 Å². The number of hydrogen-bond donors (Lipinski definition) is 2. The van der Waals surface area contributed by atoms with Gasteiger partial charge in [0.15, 0.2) is 11.5 Å². The van der Waals surface area contributed by atoms with Crippen LogP contribution in [0.15, 0.2) is 18.2 Å². The molecule has 2 aliphatic heterocycles. The van der Waals surface area contributed by atoms with E-state index in [4.69, 9.17) is 14.2 Å². The highest BCUT2D eigenvalue weighted by Crippen LogP contribution is 2.33. The lowest BCUT2D eigenvalue weighted by atomic mass is 9.89. The average Bonchev–Trinajstić information content (AvgIpc) is 2.94. The van der Waals surface area contributed by atoms with E-state index >= 15 is 0 Å². The van der Waals surface area contributed by atoms with Crippen LogP contribution in [0.3, 0.4) is 0 Å². The lowest BCUT2D eigenvalue weighted by molar-refractivity contribution is -0.117. The smallest absolute Gasteiger partial charge is 0.224 e. The number of amides is 1. The fourth-order valence-corrected chi connectivity index (χ4v) is 3.92. The topological polar surface area (TPSA) is 68.8 Å². The molecule has 0 saturated carbocycles. The SMILES string of the molecule is COCCOc1cc(NC(=O)CC2CC3CCC(C2)N3)ccc1OC.Cl. The Morgan fingerprint density at radius 2 is 1.88 bits per heavy atom. The van der Waals surface area contributed by atoms with E-state index in [1.54, 1.807) is 20.3 Å². The van der Waals surface area contributed by atoms with E-state index in [-0.39, 0.29) is 18.3 Å². The van der Waals surface area contributed by atoms with Crippen LogP contribution in [0, 0.1) is 5.92 Å². The van der Waals surface area contributed by atoms with Gasteiger partial charge in [0.05, 0.1) is 13.7 Å². The number of carbonyl (C=O) groups is 1. The summed E-state index contributed by atoms with van der Waals surface area (Å²) in [7, 11) is 3.23. The molecular formula is C19H29ClN2O4. The molecule has 1 aromatic carbocycles. The summed E-state index contributed by atoms with van der Waals surface area (Å²) in [5.41, 5.74) is 0.732. The van der Waals surface area contributed by atoms with Gasteiger partial charge in [-0.05, 0) is 43.7 Å². The van der Waals surface area contributed by atoms with Gasteiger partial charge in [0.2, 0.25) is 5.91 Å². The number of halogens is 1. The summed E-state index contributed by atoms with van der Waals surface area (Å²) in [4.78, 5) is 12.4. The predicted octanol–water partition coefficient (Wildman–Crippen LogP) is 3.00. The Bertz CT molecular complexity index is 587. The zero-order valence-electron chi connectivity index (χ0n) is 15.5. The molecule has 0 radical (unpaired) electrons. The molecule has 146 valence electrons. The molecule has 1 aromatic rings. The minimum atomic E-state index is 0. The van der Waals surface area contributed by atoms with Crippen LogP contribution in [-0.4, -0.2) is 45.4 Å². The third kappa shape index (κ3) is 5.50. The van der Waals surface area contributed by atoms with E-state index in [9.17, 15) is 4.79 Å². The van der Waals surface area contributed by atoms with Crippen molar-refractivity contribution in [3.8, 4) is 11.5 Å². The molecule has 0 spiro atoms. The quantitative estimate of drug-likeness (QED) is 0.674. The highest BCUT2D eigenvalue weighted by atomic mass is 35.5. The maximum atomic E-state index is 12.4. The molecule has 7 heteroatoms. The summed E-state index contributed by atoms with van der Waals surface area (Å²) in [5.74, 6) is 1.80. The van der Waals surface area contributed by atoms with Gasteiger partial charge >= 0.3 is 0 Å². The average molecular weight is 385 g/mol. The highest BCUT2D eigenvalue weighted by Gasteiger charge is 2.34. The van der Waals surface area contributed by atoms with Crippen LogP contribution < -0.4 is 20.1 Å². The molecule has 2 atom stereocenters. The Labute approximate surface area is 161 Å². The van der Waals surface area contributed by atoms with Gasteiger partial charge in [-0.1, -0.05) is 0 Å². The zero-order valence-corrected chi connectivity index (χ0v) is 16.3. The summed E-state index contributed by atoms with van der Waals surface area (Å²) < 4.78 is 16.0. The number of ether oxygens (including phenoxy) is 3. The predicted molar refractivity (Wildman–Crippen MR) is 104 cm³/mol. The maximum absolute atomic E-state index is 12.4. The second-order valence-electron chi connectivity index (χ2n) is 6.93. The number of fused-ring (bicyclic) bond motifs is 2. The van der Waals surface area contributed by atoms with Gasteiger partial charge in [-0.2, -0.15) is 0 Å². The van der Waals surface area contributed by atoms with Crippen molar-refractivity contribution >= 4 is 24.0 Å². The standard InChI is InChI=1S/C19H28N2O4.ClH/c1-23-7-8-25-18-12-16(5-6-17(18)24-2)21-19(22)11-13-9-14-3-4-15(10-13)20-14;/h5-6,12-15,20H,3-4,7-11H2,1-2H3,(H,21,22);1H. The number of methoxy groups -OCH3 is 2. The van der Waals surface area contributed by atoms with Gasteiger partial charge in [-0.3, -0.25) is 4.79 Å². The highest BCUT2D eigenvalue weighted by molar-refractivity contribution is 5.91. The first-order chi connectivity index (χ1) is 12.2. The summed E-state index contributed by atoms with van der Waals surface area (Å²) in [6.07, 6.45) is 5.31. The summed E-state index contributed by atoms with van der Waals surface area (Å²) in [5, 5.41) is 6.61. The van der Waals surface area contributed by atoms with E-state index in [0.717, 1.165) is 18.5 Å².